The molecule has 208 valence electrons. The van der Waals surface area contributed by atoms with Gasteiger partial charge < -0.3 is 15.0 Å². The van der Waals surface area contributed by atoms with E-state index in [1.807, 2.05) is 24.4 Å². The molecule has 4 heteroatoms. The van der Waals surface area contributed by atoms with Crippen LogP contribution in [-0.2, 0) is 11.2 Å². The molecule has 2 rings (SSSR count). The number of unbranched alkanes of at least 4 members (excludes halogenated alkanes) is 16. The number of esters is 1. The van der Waals surface area contributed by atoms with E-state index in [0.717, 1.165) is 36.0 Å². The van der Waals surface area contributed by atoms with Crippen molar-refractivity contribution in [1.82, 2.24) is 10.3 Å². The van der Waals surface area contributed by atoms with Crippen molar-refractivity contribution in [2.75, 3.05) is 6.54 Å². The maximum atomic E-state index is 11.2. The molecule has 37 heavy (non-hydrogen) atoms. The number of hydrogen-bond acceptors (Lipinski definition) is 3. The maximum Gasteiger partial charge on any atom is 0.308 e. The molecule has 0 unspecified atom stereocenters. The third-order valence-electron chi connectivity index (χ3n) is 7.35. The first-order valence-electron chi connectivity index (χ1n) is 15.3. The van der Waals surface area contributed by atoms with Gasteiger partial charge in [0, 0.05) is 36.3 Å². The van der Waals surface area contributed by atoms with Crippen LogP contribution in [0.4, 0.5) is 0 Å². The van der Waals surface area contributed by atoms with Crippen LogP contribution in [0.2, 0.25) is 0 Å². The Morgan fingerprint density at radius 3 is 1.92 bits per heavy atom. The van der Waals surface area contributed by atoms with Gasteiger partial charge in [0.2, 0.25) is 0 Å². The van der Waals surface area contributed by atoms with E-state index < -0.39 is 0 Å². The van der Waals surface area contributed by atoms with Gasteiger partial charge in [-0.1, -0.05) is 116 Å². The fourth-order valence-corrected chi connectivity index (χ4v) is 5.12. The zero-order valence-electron chi connectivity index (χ0n) is 24.0. The number of aromatic amines is 1. The molecule has 0 aliphatic rings. The number of rotatable bonds is 23. The van der Waals surface area contributed by atoms with Gasteiger partial charge >= 0.3 is 5.97 Å². The molecule has 0 amide bonds. The normalized spacial score (nSPS) is 11.2. The quantitative estimate of drug-likeness (QED) is 0.0888. The first-order chi connectivity index (χ1) is 18.1. The zero-order valence-corrected chi connectivity index (χ0v) is 24.0. The summed E-state index contributed by atoms with van der Waals surface area (Å²) in [4.78, 5) is 14.5. The summed E-state index contributed by atoms with van der Waals surface area (Å²) in [5.41, 5.74) is 3.43. The van der Waals surface area contributed by atoms with E-state index in [1.165, 1.54) is 122 Å². The summed E-state index contributed by atoms with van der Waals surface area (Å²) in [5.74, 6) is 0.302. The second-order valence-corrected chi connectivity index (χ2v) is 10.8. The van der Waals surface area contributed by atoms with Gasteiger partial charge in [0.15, 0.2) is 0 Å². The Hall–Kier alpha value is -2.23. The van der Waals surface area contributed by atoms with E-state index >= 15 is 0 Å². The highest BCUT2D eigenvalue weighted by Crippen LogP contribution is 2.24. The van der Waals surface area contributed by atoms with Crippen LogP contribution >= 0.6 is 0 Å². The molecule has 0 bridgehead atoms. The van der Waals surface area contributed by atoms with Gasteiger partial charge in [-0.3, -0.25) is 4.79 Å². The number of H-pyrrole nitrogens is 1. The predicted molar refractivity (Wildman–Crippen MR) is 159 cm³/mol. The molecule has 1 heterocycles. The number of carbonyl (C=O) groups is 1. The van der Waals surface area contributed by atoms with Gasteiger partial charge in [0.05, 0.1) is 0 Å². The molecule has 0 aliphatic carbocycles. The van der Waals surface area contributed by atoms with Crippen molar-refractivity contribution in [3.63, 3.8) is 0 Å². The number of carbonyl (C=O) groups excluding carboxylic acids is 1. The van der Waals surface area contributed by atoms with Gasteiger partial charge in [-0.25, -0.2) is 0 Å². The highest BCUT2D eigenvalue weighted by atomic mass is 16.5. The lowest BCUT2D eigenvalue weighted by molar-refractivity contribution is -0.131. The van der Waals surface area contributed by atoms with Gasteiger partial charge in [-0.05, 0) is 43.0 Å². The zero-order chi connectivity index (χ0) is 26.6. The van der Waals surface area contributed by atoms with Crippen LogP contribution in [0, 0.1) is 0 Å². The van der Waals surface area contributed by atoms with E-state index in [0.29, 0.717) is 5.75 Å². The Balaban J connectivity index is 1.40. The molecule has 4 nitrogen and oxygen atoms in total. The van der Waals surface area contributed by atoms with Crippen molar-refractivity contribution >= 4 is 16.9 Å². The third-order valence-corrected chi connectivity index (χ3v) is 7.35. The van der Waals surface area contributed by atoms with Crippen LogP contribution in [0.5, 0.6) is 5.75 Å². The summed E-state index contributed by atoms with van der Waals surface area (Å²) in [6, 6.07) is 5.72. The Morgan fingerprint density at radius 1 is 0.838 bits per heavy atom. The summed E-state index contributed by atoms with van der Waals surface area (Å²) in [6.45, 7) is 8.80. The molecule has 1 aromatic heterocycles. The van der Waals surface area contributed by atoms with Crippen LogP contribution in [0.3, 0.4) is 0 Å². The third kappa shape index (κ3) is 14.3. The molecule has 0 aliphatic heterocycles. The number of aromatic nitrogens is 1. The lowest BCUT2D eigenvalue weighted by Crippen LogP contribution is -2.15. The predicted octanol–water partition coefficient (Wildman–Crippen LogP) is 9.78. The molecular weight excluding hydrogens is 456 g/mol. The standard InChI is InChI=1S/C33H54N2O2/c1-4-5-6-7-8-9-10-11-12-13-14-15-16-17-18-19-20-21-28(2)34-25-24-30-27-35-33-23-22-31(26-32(30)33)37-29(3)36/h22-23,26-27,34-35H,2,4-21,24-25H2,1,3H3. The van der Waals surface area contributed by atoms with Crippen molar-refractivity contribution in [2.45, 2.75) is 136 Å². The minimum absolute atomic E-state index is 0.293. The Bertz CT molecular complexity index is 886. The lowest BCUT2D eigenvalue weighted by atomic mass is 10.0. The van der Waals surface area contributed by atoms with Gasteiger partial charge in [0.1, 0.15) is 5.75 Å². The first kappa shape index (κ1) is 31.0. The fraction of sp³-hybridized carbons (Fsp3) is 0.667. The molecule has 0 fully saturated rings. The van der Waals surface area contributed by atoms with Crippen molar-refractivity contribution in [2.24, 2.45) is 0 Å². The van der Waals surface area contributed by atoms with Crippen LogP contribution in [0.1, 0.15) is 135 Å². The molecule has 0 atom stereocenters. The summed E-state index contributed by atoms with van der Waals surface area (Å²) in [5, 5.41) is 4.60. The minimum atomic E-state index is -0.293. The van der Waals surface area contributed by atoms with E-state index in [-0.39, 0.29) is 5.97 Å². The summed E-state index contributed by atoms with van der Waals surface area (Å²) >= 11 is 0. The number of ether oxygens (including phenoxy) is 1. The second-order valence-electron chi connectivity index (χ2n) is 10.8. The largest absolute Gasteiger partial charge is 0.427 e. The summed E-state index contributed by atoms with van der Waals surface area (Å²) < 4.78 is 5.23. The topological polar surface area (TPSA) is 54.1 Å². The van der Waals surface area contributed by atoms with Gasteiger partial charge in [0.25, 0.3) is 0 Å². The molecule has 0 saturated carbocycles. The maximum absolute atomic E-state index is 11.2. The van der Waals surface area contributed by atoms with E-state index in [9.17, 15) is 4.79 Å². The van der Waals surface area contributed by atoms with Crippen LogP contribution in [0.25, 0.3) is 10.9 Å². The minimum Gasteiger partial charge on any atom is -0.427 e. The second kappa shape index (κ2) is 19.8. The van der Waals surface area contributed by atoms with E-state index in [2.05, 4.69) is 23.8 Å². The van der Waals surface area contributed by atoms with E-state index in [1.54, 1.807) is 0 Å². The number of fused-ring (bicyclic) bond motifs is 1. The summed E-state index contributed by atoms with van der Waals surface area (Å²) in [6.07, 6.45) is 27.9. The number of nitrogens with one attached hydrogen (secondary N) is 2. The van der Waals surface area contributed by atoms with Crippen molar-refractivity contribution in [3.05, 3.63) is 42.2 Å². The van der Waals surface area contributed by atoms with Crippen LogP contribution in [-0.4, -0.2) is 17.5 Å². The first-order valence-corrected chi connectivity index (χ1v) is 15.3. The molecule has 0 spiro atoms. The van der Waals surface area contributed by atoms with Gasteiger partial charge in [-0.15, -0.1) is 0 Å². The van der Waals surface area contributed by atoms with Gasteiger partial charge in [-0.2, -0.15) is 0 Å². The van der Waals surface area contributed by atoms with E-state index in [4.69, 9.17) is 4.74 Å². The van der Waals surface area contributed by atoms with Crippen LogP contribution < -0.4 is 10.1 Å². The Labute approximate surface area is 227 Å². The highest BCUT2D eigenvalue weighted by Gasteiger charge is 2.07. The number of allylic oxidation sites excluding steroid dienone is 1. The van der Waals surface area contributed by atoms with Crippen molar-refractivity contribution < 1.29 is 9.53 Å². The molecule has 0 saturated heterocycles. The Morgan fingerprint density at radius 2 is 1.38 bits per heavy atom. The Kier molecular flexibility index (Phi) is 16.6. The number of hydrogen-bond donors (Lipinski definition) is 2. The SMILES string of the molecule is C=C(CCCCCCCCCCCCCCCCCCC)NCCc1c[nH]c2ccc(OC(C)=O)cc12. The molecule has 0 radical (unpaired) electrons. The van der Waals surface area contributed by atoms with Crippen molar-refractivity contribution in [3.8, 4) is 5.75 Å². The highest BCUT2D eigenvalue weighted by molar-refractivity contribution is 5.85. The monoisotopic (exact) mass is 510 g/mol. The van der Waals surface area contributed by atoms with Crippen molar-refractivity contribution in [1.29, 1.82) is 0 Å². The fourth-order valence-electron chi connectivity index (χ4n) is 5.12. The smallest absolute Gasteiger partial charge is 0.308 e. The molecule has 2 N–H and O–H groups in total. The molecular formula is C33H54N2O2. The lowest BCUT2D eigenvalue weighted by Gasteiger charge is -2.09. The molecule has 2 aromatic rings. The molecule has 1 aromatic carbocycles. The van der Waals surface area contributed by atoms with Crippen LogP contribution in [0.15, 0.2) is 36.7 Å². The number of benzene rings is 1. The average Bonchev–Trinajstić information content (AvgIpc) is 3.27. The average molecular weight is 511 g/mol. The summed E-state index contributed by atoms with van der Waals surface area (Å²) in [7, 11) is 0.